The Morgan fingerprint density at radius 3 is 2.21 bits per heavy atom. The quantitative estimate of drug-likeness (QED) is 0.284. The average molecular weight is 485 g/mol. The first-order chi connectivity index (χ1) is 15.4. The number of benzene rings is 3. The second-order valence-electron chi connectivity index (χ2n) is 6.74. The summed E-state index contributed by atoms with van der Waals surface area (Å²) in [6, 6.07) is 6.50. The summed E-state index contributed by atoms with van der Waals surface area (Å²) in [5, 5.41) is 3.80. The Balaban J connectivity index is 1.93. The number of urea groups is 1. The maximum atomic E-state index is 14.7. The molecule has 0 radical (unpaired) electrons. The number of rotatable bonds is 4. The first-order valence-electron chi connectivity index (χ1n) is 9.00. The van der Waals surface area contributed by atoms with Gasteiger partial charge in [-0.15, -0.1) is 0 Å². The molecule has 0 aliphatic carbocycles. The fourth-order valence-electron chi connectivity index (χ4n) is 3.00. The highest BCUT2D eigenvalue weighted by Gasteiger charge is 2.34. The smallest absolute Gasteiger partial charge is 0.398 e. The summed E-state index contributed by atoms with van der Waals surface area (Å²) in [4.78, 5) is 23.5. The van der Waals surface area contributed by atoms with E-state index in [-0.39, 0.29) is 33.1 Å². The highest BCUT2D eigenvalue weighted by atomic mass is 35.5. The third-order valence-electron chi connectivity index (χ3n) is 4.45. The normalized spacial score (nSPS) is 11.2. The SMILES string of the molecule is NC(=O)Nc1ccc(NC(=O)c2cc(F)c(-c3ccc(F)cc3N)cc2Cl)cc1C(F)(F)F. The number of carbonyl (C=O) groups excluding carboxylic acids is 2. The van der Waals surface area contributed by atoms with Gasteiger partial charge in [-0.2, -0.15) is 13.2 Å². The molecule has 0 heterocycles. The van der Waals surface area contributed by atoms with E-state index in [1.54, 1.807) is 0 Å². The van der Waals surface area contributed by atoms with Gasteiger partial charge in [-0.1, -0.05) is 11.6 Å². The fourth-order valence-corrected chi connectivity index (χ4v) is 3.25. The molecule has 12 heteroatoms. The zero-order valence-electron chi connectivity index (χ0n) is 16.4. The number of primary amides is 1. The second-order valence-corrected chi connectivity index (χ2v) is 7.15. The maximum absolute atomic E-state index is 14.7. The molecule has 6 N–H and O–H groups in total. The molecule has 0 saturated carbocycles. The zero-order valence-corrected chi connectivity index (χ0v) is 17.1. The van der Waals surface area contributed by atoms with Gasteiger partial charge in [0.25, 0.3) is 5.91 Å². The molecule has 0 aliphatic heterocycles. The number of halogens is 6. The van der Waals surface area contributed by atoms with E-state index in [4.69, 9.17) is 23.1 Å². The summed E-state index contributed by atoms with van der Waals surface area (Å²) < 4.78 is 67.9. The van der Waals surface area contributed by atoms with Crippen LogP contribution in [0, 0.1) is 11.6 Å². The lowest BCUT2D eigenvalue weighted by molar-refractivity contribution is -0.136. The van der Waals surface area contributed by atoms with E-state index in [1.165, 1.54) is 6.07 Å². The van der Waals surface area contributed by atoms with Crippen LogP contribution in [0.1, 0.15) is 15.9 Å². The van der Waals surface area contributed by atoms with Crippen molar-refractivity contribution in [1.29, 1.82) is 0 Å². The number of nitrogen functional groups attached to an aromatic ring is 1. The van der Waals surface area contributed by atoms with Gasteiger partial charge < -0.3 is 22.1 Å². The largest absolute Gasteiger partial charge is 0.418 e. The molecule has 0 saturated heterocycles. The number of nitrogens with one attached hydrogen (secondary N) is 2. The maximum Gasteiger partial charge on any atom is 0.418 e. The second kappa shape index (κ2) is 8.94. The van der Waals surface area contributed by atoms with Gasteiger partial charge in [0, 0.05) is 22.5 Å². The summed E-state index contributed by atoms with van der Waals surface area (Å²) in [7, 11) is 0. The Morgan fingerprint density at radius 2 is 1.61 bits per heavy atom. The van der Waals surface area contributed by atoms with Crippen molar-refractivity contribution in [3.05, 3.63) is 76.3 Å². The van der Waals surface area contributed by atoms with Gasteiger partial charge >= 0.3 is 12.2 Å². The van der Waals surface area contributed by atoms with Crippen molar-refractivity contribution in [3.63, 3.8) is 0 Å². The molecule has 6 nitrogen and oxygen atoms in total. The molecule has 3 aromatic rings. The van der Waals surface area contributed by atoms with Crippen LogP contribution in [0.25, 0.3) is 11.1 Å². The standard InChI is InChI=1S/C21H14ClF5N4O2/c22-15-7-12(11-3-1-9(23)5-17(11)28)16(24)8-13(15)19(32)30-10-2-4-18(31-20(29)33)14(6-10)21(25,26)27/h1-8H,28H2,(H,30,32)(H3,29,31,33). The van der Waals surface area contributed by atoms with Gasteiger partial charge in [-0.3, -0.25) is 4.79 Å². The van der Waals surface area contributed by atoms with E-state index < -0.39 is 41.0 Å². The molecule has 3 amide bonds. The highest BCUT2D eigenvalue weighted by Crippen LogP contribution is 2.37. The molecule has 0 aromatic heterocycles. The Morgan fingerprint density at radius 1 is 0.909 bits per heavy atom. The molecule has 0 bridgehead atoms. The number of amides is 3. The minimum absolute atomic E-state index is 0.0634. The molecule has 0 fully saturated rings. The Bertz CT molecular complexity index is 1260. The van der Waals surface area contributed by atoms with Crippen LogP contribution in [-0.4, -0.2) is 11.9 Å². The Labute approximate surface area is 188 Å². The highest BCUT2D eigenvalue weighted by molar-refractivity contribution is 6.34. The summed E-state index contributed by atoms with van der Waals surface area (Å²) in [6.45, 7) is 0. The summed E-state index contributed by atoms with van der Waals surface area (Å²) in [5.41, 5.74) is 8.00. The van der Waals surface area contributed by atoms with E-state index in [2.05, 4.69) is 5.32 Å². The zero-order chi connectivity index (χ0) is 24.5. The molecular weight excluding hydrogens is 471 g/mol. The van der Waals surface area contributed by atoms with Crippen LogP contribution >= 0.6 is 11.6 Å². The summed E-state index contributed by atoms with van der Waals surface area (Å²) in [5.74, 6) is -2.55. The molecule has 0 aliphatic rings. The van der Waals surface area contributed by atoms with E-state index in [0.29, 0.717) is 6.07 Å². The van der Waals surface area contributed by atoms with Gasteiger partial charge in [0.1, 0.15) is 11.6 Å². The average Bonchev–Trinajstić information content (AvgIpc) is 2.69. The van der Waals surface area contributed by atoms with Crippen molar-refractivity contribution in [3.8, 4) is 11.1 Å². The number of carbonyl (C=O) groups is 2. The van der Waals surface area contributed by atoms with Crippen LogP contribution in [0.5, 0.6) is 0 Å². The number of hydrogen-bond donors (Lipinski definition) is 4. The fraction of sp³-hybridized carbons (Fsp3) is 0.0476. The van der Waals surface area contributed by atoms with Gasteiger partial charge in [-0.05, 0) is 48.5 Å². The van der Waals surface area contributed by atoms with Crippen molar-refractivity contribution >= 4 is 40.6 Å². The first kappa shape index (κ1) is 23.8. The third-order valence-corrected chi connectivity index (χ3v) is 4.76. The lowest BCUT2D eigenvalue weighted by Gasteiger charge is -2.15. The van der Waals surface area contributed by atoms with E-state index in [9.17, 15) is 31.5 Å². The number of anilines is 3. The molecule has 0 unspecified atom stereocenters. The lowest BCUT2D eigenvalue weighted by atomic mass is 10.0. The van der Waals surface area contributed by atoms with Crippen molar-refractivity contribution in [2.45, 2.75) is 6.18 Å². The minimum Gasteiger partial charge on any atom is -0.398 e. The first-order valence-corrected chi connectivity index (χ1v) is 9.38. The van der Waals surface area contributed by atoms with Gasteiger partial charge in [0.15, 0.2) is 0 Å². The molecule has 0 atom stereocenters. The van der Waals surface area contributed by atoms with Crippen LogP contribution in [0.2, 0.25) is 5.02 Å². The van der Waals surface area contributed by atoms with E-state index >= 15 is 0 Å². The Kier molecular flexibility index (Phi) is 6.45. The van der Waals surface area contributed by atoms with Crippen molar-refractivity contribution < 1.29 is 31.5 Å². The van der Waals surface area contributed by atoms with E-state index in [0.717, 1.165) is 36.4 Å². The minimum atomic E-state index is -4.88. The molecule has 172 valence electrons. The van der Waals surface area contributed by atoms with Crippen LogP contribution in [0.3, 0.4) is 0 Å². The summed E-state index contributed by atoms with van der Waals surface area (Å²) >= 11 is 6.10. The van der Waals surface area contributed by atoms with Gasteiger partial charge in [0.2, 0.25) is 0 Å². The molecule has 33 heavy (non-hydrogen) atoms. The lowest BCUT2D eigenvalue weighted by Crippen LogP contribution is -2.22. The molecule has 3 rings (SSSR count). The number of alkyl halides is 3. The van der Waals surface area contributed by atoms with Crippen LogP contribution in [0.15, 0.2) is 48.5 Å². The van der Waals surface area contributed by atoms with Crippen LogP contribution in [-0.2, 0) is 6.18 Å². The molecular formula is C21H14ClF5N4O2. The molecule has 0 spiro atoms. The van der Waals surface area contributed by atoms with Gasteiger partial charge in [0.05, 0.1) is 21.8 Å². The topological polar surface area (TPSA) is 110 Å². The van der Waals surface area contributed by atoms with Crippen molar-refractivity contribution in [2.24, 2.45) is 5.73 Å². The number of hydrogen-bond acceptors (Lipinski definition) is 3. The number of nitrogens with two attached hydrogens (primary N) is 2. The summed E-state index contributed by atoms with van der Waals surface area (Å²) in [6.07, 6.45) is -4.88. The molecule has 3 aromatic carbocycles. The monoisotopic (exact) mass is 484 g/mol. The van der Waals surface area contributed by atoms with Crippen molar-refractivity contribution in [1.82, 2.24) is 0 Å². The van der Waals surface area contributed by atoms with Crippen LogP contribution < -0.4 is 22.1 Å². The van der Waals surface area contributed by atoms with Gasteiger partial charge in [-0.25, -0.2) is 13.6 Å². The van der Waals surface area contributed by atoms with Crippen molar-refractivity contribution in [2.75, 3.05) is 16.4 Å². The predicted molar refractivity (Wildman–Crippen MR) is 114 cm³/mol. The van der Waals surface area contributed by atoms with E-state index in [1.807, 2.05) is 5.32 Å². The Hall–Kier alpha value is -3.86. The van der Waals surface area contributed by atoms with Crippen LogP contribution in [0.4, 0.5) is 43.8 Å². The predicted octanol–water partition coefficient (Wildman–Crippen LogP) is 5.63. The third kappa shape index (κ3) is 5.32.